The van der Waals surface area contributed by atoms with Gasteiger partial charge in [0, 0.05) is 21.8 Å². The van der Waals surface area contributed by atoms with Gasteiger partial charge in [0.15, 0.2) is 0 Å². The molecule has 0 aliphatic heterocycles. The number of hydrogen-bond donors (Lipinski definition) is 1. The maximum absolute atomic E-state index is 11.9. The highest BCUT2D eigenvalue weighted by molar-refractivity contribution is 9.10. The van der Waals surface area contributed by atoms with E-state index in [2.05, 4.69) is 28.2 Å². The summed E-state index contributed by atoms with van der Waals surface area (Å²) >= 11 is 5.27. The molecule has 1 atom stereocenters. The number of rotatable bonds is 5. The highest BCUT2D eigenvalue weighted by Crippen LogP contribution is 2.17. The topological polar surface area (TPSA) is 29.1 Å². The minimum atomic E-state index is -0.00472. The zero-order valence-electron chi connectivity index (χ0n) is 10.4. The molecular weight excluding hydrogens is 298 g/mol. The highest BCUT2D eigenvalue weighted by atomic mass is 79.9. The van der Waals surface area contributed by atoms with Gasteiger partial charge in [0.05, 0.1) is 0 Å². The summed E-state index contributed by atoms with van der Waals surface area (Å²) in [7, 11) is 0. The fourth-order valence-corrected chi connectivity index (χ4v) is 2.43. The molecule has 0 aliphatic rings. The standard InChI is InChI=1S/C13H18BrNOS/c1-4-17-8-10(3)15-13(16)11-6-5-9(2)12(14)7-11/h5-7,10H,4,8H2,1-3H3,(H,15,16). The number of thioether (sulfide) groups is 1. The number of halogens is 1. The molecule has 0 heterocycles. The van der Waals surface area contributed by atoms with E-state index in [0.717, 1.165) is 21.5 Å². The highest BCUT2D eigenvalue weighted by Gasteiger charge is 2.10. The van der Waals surface area contributed by atoms with E-state index in [4.69, 9.17) is 0 Å². The summed E-state index contributed by atoms with van der Waals surface area (Å²) in [5, 5.41) is 3.00. The van der Waals surface area contributed by atoms with Crippen molar-refractivity contribution < 1.29 is 4.79 Å². The van der Waals surface area contributed by atoms with Crippen LogP contribution in [0.1, 0.15) is 29.8 Å². The van der Waals surface area contributed by atoms with E-state index in [9.17, 15) is 4.79 Å². The van der Waals surface area contributed by atoms with Crippen LogP contribution in [0.15, 0.2) is 22.7 Å². The molecule has 0 fully saturated rings. The third-order valence-electron chi connectivity index (χ3n) is 2.38. The Morgan fingerprint density at radius 3 is 2.82 bits per heavy atom. The van der Waals surface area contributed by atoms with Crippen molar-refractivity contribution >= 4 is 33.6 Å². The molecule has 4 heteroatoms. The molecule has 0 radical (unpaired) electrons. The van der Waals surface area contributed by atoms with Crippen LogP contribution in [0, 0.1) is 6.92 Å². The largest absolute Gasteiger partial charge is 0.349 e. The van der Waals surface area contributed by atoms with Crippen LogP contribution in [0.5, 0.6) is 0 Å². The molecule has 0 aliphatic carbocycles. The average molecular weight is 316 g/mol. The van der Waals surface area contributed by atoms with E-state index in [0.29, 0.717) is 5.56 Å². The van der Waals surface area contributed by atoms with E-state index in [-0.39, 0.29) is 11.9 Å². The number of benzene rings is 1. The van der Waals surface area contributed by atoms with Crippen LogP contribution in [0.3, 0.4) is 0 Å². The van der Waals surface area contributed by atoms with Gasteiger partial charge < -0.3 is 5.32 Å². The SMILES string of the molecule is CCSCC(C)NC(=O)c1ccc(C)c(Br)c1. The molecule has 1 rings (SSSR count). The van der Waals surface area contributed by atoms with Gasteiger partial charge in [0.1, 0.15) is 0 Å². The molecule has 1 amide bonds. The zero-order valence-corrected chi connectivity index (χ0v) is 12.8. The van der Waals surface area contributed by atoms with Crippen LogP contribution < -0.4 is 5.32 Å². The maximum atomic E-state index is 11.9. The monoisotopic (exact) mass is 315 g/mol. The van der Waals surface area contributed by atoms with Crippen molar-refractivity contribution in [3.8, 4) is 0 Å². The quantitative estimate of drug-likeness (QED) is 0.899. The van der Waals surface area contributed by atoms with Gasteiger partial charge in [-0.2, -0.15) is 11.8 Å². The normalized spacial score (nSPS) is 12.2. The second-order valence-corrected chi connectivity index (χ2v) is 6.17. The molecule has 1 N–H and O–H groups in total. The van der Waals surface area contributed by atoms with Gasteiger partial charge in [0.25, 0.3) is 5.91 Å². The smallest absolute Gasteiger partial charge is 0.251 e. The first-order chi connectivity index (χ1) is 8.04. The van der Waals surface area contributed by atoms with Gasteiger partial charge in [-0.15, -0.1) is 0 Å². The minimum absolute atomic E-state index is 0.00472. The van der Waals surface area contributed by atoms with Crippen LogP contribution in [0.2, 0.25) is 0 Å². The van der Waals surface area contributed by atoms with Crippen molar-refractivity contribution in [3.63, 3.8) is 0 Å². The Morgan fingerprint density at radius 1 is 1.53 bits per heavy atom. The molecular formula is C13H18BrNOS. The molecule has 0 bridgehead atoms. The van der Waals surface area contributed by atoms with E-state index in [1.807, 2.05) is 43.8 Å². The lowest BCUT2D eigenvalue weighted by Crippen LogP contribution is -2.34. The number of carbonyl (C=O) groups is 1. The third kappa shape index (κ3) is 4.72. The first-order valence-corrected chi connectivity index (χ1v) is 7.64. The summed E-state index contributed by atoms with van der Waals surface area (Å²) in [6, 6.07) is 5.87. The van der Waals surface area contributed by atoms with E-state index < -0.39 is 0 Å². The Hall–Kier alpha value is -0.480. The summed E-state index contributed by atoms with van der Waals surface area (Å²) in [6.45, 7) is 6.16. The molecule has 0 aromatic heterocycles. The summed E-state index contributed by atoms with van der Waals surface area (Å²) in [5.41, 5.74) is 1.84. The Balaban J connectivity index is 2.60. The predicted molar refractivity (Wildman–Crippen MR) is 78.8 cm³/mol. The number of hydrogen-bond acceptors (Lipinski definition) is 2. The van der Waals surface area contributed by atoms with Gasteiger partial charge in [-0.3, -0.25) is 4.79 Å². The Bertz CT molecular complexity index is 395. The Morgan fingerprint density at radius 2 is 2.24 bits per heavy atom. The van der Waals surface area contributed by atoms with Gasteiger partial charge >= 0.3 is 0 Å². The molecule has 2 nitrogen and oxygen atoms in total. The maximum Gasteiger partial charge on any atom is 0.251 e. The van der Waals surface area contributed by atoms with Crippen LogP contribution in [0.25, 0.3) is 0 Å². The van der Waals surface area contributed by atoms with Gasteiger partial charge in [-0.1, -0.05) is 28.9 Å². The lowest BCUT2D eigenvalue weighted by atomic mass is 10.1. The second kappa shape index (κ2) is 7.07. The molecule has 94 valence electrons. The lowest BCUT2D eigenvalue weighted by Gasteiger charge is -2.13. The van der Waals surface area contributed by atoms with Crippen LogP contribution in [-0.2, 0) is 0 Å². The fourth-order valence-electron chi connectivity index (χ4n) is 1.38. The van der Waals surface area contributed by atoms with E-state index in [1.54, 1.807) is 0 Å². The first-order valence-electron chi connectivity index (χ1n) is 5.69. The van der Waals surface area contributed by atoms with Crippen LogP contribution in [-0.4, -0.2) is 23.5 Å². The van der Waals surface area contributed by atoms with Gasteiger partial charge in [-0.25, -0.2) is 0 Å². The van der Waals surface area contributed by atoms with Crippen molar-refractivity contribution in [3.05, 3.63) is 33.8 Å². The summed E-state index contributed by atoms with van der Waals surface area (Å²) < 4.78 is 0.973. The Kier molecular flexibility index (Phi) is 6.06. The number of nitrogens with one attached hydrogen (secondary N) is 1. The van der Waals surface area contributed by atoms with E-state index in [1.165, 1.54) is 0 Å². The predicted octanol–water partition coefficient (Wildman–Crippen LogP) is 3.63. The van der Waals surface area contributed by atoms with Gasteiger partial charge in [-0.05, 0) is 37.3 Å². The molecule has 0 saturated heterocycles. The van der Waals surface area contributed by atoms with Crippen molar-refractivity contribution in [2.24, 2.45) is 0 Å². The van der Waals surface area contributed by atoms with Crippen LogP contribution >= 0.6 is 27.7 Å². The lowest BCUT2D eigenvalue weighted by molar-refractivity contribution is 0.0943. The molecule has 17 heavy (non-hydrogen) atoms. The molecule has 1 aromatic rings. The van der Waals surface area contributed by atoms with E-state index >= 15 is 0 Å². The van der Waals surface area contributed by atoms with Gasteiger partial charge in [0.2, 0.25) is 0 Å². The van der Waals surface area contributed by atoms with Crippen molar-refractivity contribution in [1.82, 2.24) is 5.32 Å². The molecule has 0 spiro atoms. The minimum Gasteiger partial charge on any atom is -0.349 e. The third-order valence-corrected chi connectivity index (χ3v) is 4.38. The zero-order chi connectivity index (χ0) is 12.8. The van der Waals surface area contributed by atoms with Crippen molar-refractivity contribution in [2.75, 3.05) is 11.5 Å². The first kappa shape index (κ1) is 14.6. The fraction of sp³-hybridized carbons (Fsp3) is 0.462. The number of amides is 1. The molecule has 0 saturated carbocycles. The summed E-state index contributed by atoms with van der Waals surface area (Å²) in [4.78, 5) is 11.9. The summed E-state index contributed by atoms with van der Waals surface area (Å²) in [6.07, 6.45) is 0. The summed E-state index contributed by atoms with van der Waals surface area (Å²) in [5.74, 6) is 2.03. The van der Waals surface area contributed by atoms with Crippen LogP contribution in [0.4, 0.5) is 0 Å². The van der Waals surface area contributed by atoms with Crippen molar-refractivity contribution in [1.29, 1.82) is 0 Å². The number of carbonyl (C=O) groups excluding carboxylic acids is 1. The Labute approximate surface area is 116 Å². The second-order valence-electron chi connectivity index (χ2n) is 4.00. The van der Waals surface area contributed by atoms with Crippen molar-refractivity contribution in [2.45, 2.75) is 26.8 Å². The number of aryl methyl sites for hydroxylation is 1. The molecule has 1 aromatic carbocycles. The molecule has 1 unspecified atom stereocenters. The average Bonchev–Trinajstić information content (AvgIpc) is 2.30.